The number of methoxy groups -OCH3 is 1. The molecule has 0 aliphatic heterocycles. The molecule has 2 heterocycles. The molecule has 0 radical (unpaired) electrons. The van der Waals surface area contributed by atoms with Gasteiger partial charge < -0.3 is 9.47 Å². The van der Waals surface area contributed by atoms with Crippen molar-refractivity contribution in [2.45, 2.75) is 6.92 Å². The Bertz CT molecular complexity index is 670. The lowest BCUT2D eigenvalue weighted by Gasteiger charge is -2.05. The zero-order chi connectivity index (χ0) is 15.2. The molecule has 0 aliphatic rings. The Hall–Kier alpha value is -2.76. The zero-order valence-electron chi connectivity index (χ0n) is 11.7. The van der Waals surface area contributed by atoms with Crippen molar-refractivity contribution in [2.75, 3.05) is 13.7 Å². The number of hydrogen-bond acceptors (Lipinski definition) is 6. The Morgan fingerprint density at radius 2 is 1.52 bits per heavy atom. The van der Waals surface area contributed by atoms with E-state index < -0.39 is 11.9 Å². The number of carbonyl (C=O) groups excluding carboxylic acids is 2. The molecular formula is C15H14N2O4. The van der Waals surface area contributed by atoms with Gasteiger partial charge in [0.05, 0.1) is 36.2 Å². The van der Waals surface area contributed by atoms with Gasteiger partial charge in [-0.05, 0) is 31.2 Å². The standard InChI is InChI=1S/C15H14N2O4/c1-3-21-15(19)11-5-7-17-13(9-11)12-8-10(4-6-16-12)14(18)20-2/h4-9H,3H2,1-2H3. The van der Waals surface area contributed by atoms with Crippen LogP contribution in [0.4, 0.5) is 0 Å². The first-order valence-electron chi connectivity index (χ1n) is 6.33. The lowest BCUT2D eigenvalue weighted by atomic mass is 10.1. The van der Waals surface area contributed by atoms with Crippen LogP contribution in [0.3, 0.4) is 0 Å². The second-order valence-electron chi connectivity index (χ2n) is 4.07. The van der Waals surface area contributed by atoms with Crippen LogP contribution in [-0.4, -0.2) is 35.6 Å². The number of rotatable bonds is 4. The number of esters is 2. The molecule has 0 atom stereocenters. The van der Waals surface area contributed by atoms with E-state index in [9.17, 15) is 9.59 Å². The highest BCUT2D eigenvalue weighted by Gasteiger charge is 2.12. The molecule has 0 bridgehead atoms. The molecule has 2 aromatic rings. The molecule has 2 aromatic heterocycles. The Labute approximate surface area is 121 Å². The van der Waals surface area contributed by atoms with Crippen LogP contribution >= 0.6 is 0 Å². The summed E-state index contributed by atoms with van der Waals surface area (Å²) in [6.45, 7) is 2.04. The molecule has 108 valence electrons. The third-order valence-electron chi connectivity index (χ3n) is 2.71. The highest BCUT2D eigenvalue weighted by Crippen LogP contribution is 2.17. The molecule has 0 amide bonds. The summed E-state index contributed by atoms with van der Waals surface area (Å²) < 4.78 is 9.60. The summed E-state index contributed by atoms with van der Waals surface area (Å²) in [5, 5.41) is 0. The van der Waals surface area contributed by atoms with E-state index in [0.717, 1.165) is 0 Å². The summed E-state index contributed by atoms with van der Waals surface area (Å²) in [6.07, 6.45) is 2.98. The van der Waals surface area contributed by atoms with E-state index in [2.05, 4.69) is 14.7 Å². The number of hydrogen-bond donors (Lipinski definition) is 0. The molecule has 0 aromatic carbocycles. The third kappa shape index (κ3) is 3.42. The second kappa shape index (κ2) is 6.60. The van der Waals surface area contributed by atoms with E-state index in [-0.39, 0.29) is 0 Å². The molecule has 6 heteroatoms. The van der Waals surface area contributed by atoms with E-state index >= 15 is 0 Å². The van der Waals surface area contributed by atoms with Crippen molar-refractivity contribution in [3.8, 4) is 11.4 Å². The van der Waals surface area contributed by atoms with Crippen LogP contribution in [0, 0.1) is 0 Å². The first-order chi connectivity index (χ1) is 10.2. The summed E-state index contributed by atoms with van der Waals surface area (Å²) in [4.78, 5) is 31.5. The second-order valence-corrected chi connectivity index (χ2v) is 4.07. The van der Waals surface area contributed by atoms with Crippen molar-refractivity contribution in [3.63, 3.8) is 0 Å². The quantitative estimate of drug-likeness (QED) is 0.801. The van der Waals surface area contributed by atoms with Crippen LogP contribution in [0.1, 0.15) is 27.6 Å². The largest absolute Gasteiger partial charge is 0.465 e. The number of pyridine rings is 2. The molecule has 0 saturated heterocycles. The molecular weight excluding hydrogens is 272 g/mol. The fourth-order valence-corrected chi connectivity index (χ4v) is 1.73. The summed E-state index contributed by atoms with van der Waals surface area (Å²) in [6, 6.07) is 6.24. The number of carbonyl (C=O) groups is 2. The molecule has 2 rings (SSSR count). The van der Waals surface area contributed by atoms with Crippen molar-refractivity contribution in [1.82, 2.24) is 9.97 Å². The number of nitrogens with zero attached hydrogens (tertiary/aromatic N) is 2. The van der Waals surface area contributed by atoms with E-state index in [1.807, 2.05) is 0 Å². The van der Waals surface area contributed by atoms with Crippen LogP contribution in [0.25, 0.3) is 11.4 Å². The number of ether oxygens (including phenoxy) is 2. The van der Waals surface area contributed by atoms with Crippen molar-refractivity contribution in [1.29, 1.82) is 0 Å². The first-order valence-corrected chi connectivity index (χ1v) is 6.33. The predicted octanol–water partition coefficient (Wildman–Crippen LogP) is 2.11. The van der Waals surface area contributed by atoms with E-state index in [0.29, 0.717) is 29.1 Å². The van der Waals surface area contributed by atoms with Gasteiger partial charge in [0, 0.05) is 12.4 Å². The van der Waals surface area contributed by atoms with Crippen LogP contribution in [0.5, 0.6) is 0 Å². The number of aromatic nitrogens is 2. The maximum Gasteiger partial charge on any atom is 0.338 e. The molecule has 21 heavy (non-hydrogen) atoms. The van der Waals surface area contributed by atoms with Gasteiger partial charge in [0.1, 0.15) is 0 Å². The highest BCUT2D eigenvalue weighted by atomic mass is 16.5. The summed E-state index contributed by atoms with van der Waals surface area (Å²) >= 11 is 0. The lowest BCUT2D eigenvalue weighted by Crippen LogP contribution is -2.05. The Morgan fingerprint density at radius 1 is 1.00 bits per heavy atom. The van der Waals surface area contributed by atoms with Gasteiger partial charge in [-0.15, -0.1) is 0 Å². The van der Waals surface area contributed by atoms with Gasteiger partial charge in [-0.1, -0.05) is 0 Å². The monoisotopic (exact) mass is 286 g/mol. The molecule has 0 N–H and O–H groups in total. The fourth-order valence-electron chi connectivity index (χ4n) is 1.73. The predicted molar refractivity (Wildman–Crippen MR) is 74.8 cm³/mol. The molecule has 0 spiro atoms. The van der Waals surface area contributed by atoms with Gasteiger partial charge in [-0.3, -0.25) is 9.97 Å². The van der Waals surface area contributed by atoms with Crippen molar-refractivity contribution in [3.05, 3.63) is 47.8 Å². The maximum atomic E-state index is 11.7. The Morgan fingerprint density at radius 3 is 2.00 bits per heavy atom. The average Bonchev–Trinajstić information content (AvgIpc) is 2.54. The summed E-state index contributed by atoms with van der Waals surface area (Å²) in [5.74, 6) is -0.884. The normalized spacial score (nSPS) is 10.0. The summed E-state index contributed by atoms with van der Waals surface area (Å²) in [5.41, 5.74) is 1.70. The Kier molecular flexibility index (Phi) is 4.61. The van der Waals surface area contributed by atoms with E-state index in [1.165, 1.54) is 19.5 Å². The van der Waals surface area contributed by atoms with Crippen molar-refractivity contribution < 1.29 is 19.1 Å². The van der Waals surface area contributed by atoms with Crippen LogP contribution in [0.15, 0.2) is 36.7 Å². The van der Waals surface area contributed by atoms with Crippen LogP contribution < -0.4 is 0 Å². The first kappa shape index (κ1) is 14.6. The van der Waals surface area contributed by atoms with Gasteiger partial charge >= 0.3 is 11.9 Å². The van der Waals surface area contributed by atoms with Crippen molar-refractivity contribution >= 4 is 11.9 Å². The lowest BCUT2D eigenvalue weighted by molar-refractivity contribution is 0.0525. The van der Waals surface area contributed by atoms with E-state index in [1.54, 1.807) is 31.2 Å². The van der Waals surface area contributed by atoms with Crippen molar-refractivity contribution in [2.24, 2.45) is 0 Å². The SMILES string of the molecule is CCOC(=O)c1ccnc(-c2cc(C(=O)OC)ccn2)c1. The molecule has 6 nitrogen and oxygen atoms in total. The molecule has 0 aliphatic carbocycles. The van der Waals surface area contributed by atoms with Gasteiger partial charge in [-0.25, -0.2) is 9.59 Å². The smallest absolute Gasteiger partial charge is 0.338 e. The zero-order valence-corrected chi connectivity index (χ0v) is 11.7. The minimum absolute atomic E-state index is 0.298. The molecule has 0 saturated carbocycles. The van der Waals surface area contributed by atoms with Gasteiger partial charge in [0.15, 0.2) is 0 Å². The van der Waals surface area contributed by atoms with Gasteiger partial charge in [0.25, 0.3) is 0 Å². The average molecular weight is 286 g/mol. The van der Waals surface area contributed by atoms with E-state index in [4.69, 9.17) is 4.74 Å². The van der Waals surface area contributed by atoms with Gasteiger partial charge in [-0.2, -0.15) is 0 Å². The minimum atomic E-state index is -0.458. The molecule has 0 fully saturated rings. The van der Waals surface area contributed by atoms with Crippen LogP contribution in [-0.2, 0) is 9.47 Å². The highest BCUT2D eigenvalue weighted by molar-refractivity contribution is 5.92. The topological polar surface area (TPSA) is 78.4 Å². The van der Waals surface area contributed by atoms with Gasteiger partial charge in [0.2, 0.25) is 0 Å². The Balaban J connectivity index is 2.36. The molecule has 0 unspecified atom stereocenters. The van der Waals surface area contributed by atoms with Crippen LogP contribution in [0.2, 0.25) is 0 Å². The third-order valence-corrected chi connectivity index (χ3v) is 2.71. The summed E-state index contributed by atoms with van der Waals surface area (Å²) in [7, 11) is 1.31. The minimum Gasteiger partial charge on any atom is -0.465 e. The fraction of sp³-hybridized carbons (Fsp3) is 0.200. The maximum absolute atomic E-state index is 11.7.